The van der Waals surface area contributed by atoms with Crippen molar-refractivity contribution in [2.24, 2.45) is 0 Å². The summed E-state index contributed by atoms with van der Waals surface area (Å²) in [6.07, 6.45) is 0. The Kier molecular flexibility index (Phi) is 6.53. The highest BCUT2D eigenvalue weighted by Gasteiger charge is 2.13. The second-order valence-electron chi connectivity index (χ2n) is 5.48. The van der Waals surface area contributed by atoms with Gasteiger partial charge in [0.2, 0.25) is 5.91 Å². The smallest absolute Gasteiger partial charge is 0.233 e. The van der Waals surface area contributed by atoms with Crippen molar-refractivity contribution in [2.45, 2.75) is 30.9 Å². The van der Waals surface area contributed by atoms with Crippen LogP contribution < -0.4 is 10.1 Å². The van der Waals surface area contributed by atoms with Crippen LogP contribution in [-0.4, -0.2) is 24.3 Å². The van der Waals surface area contributed by atoms with Crippen molar-refractivity contribution >= 4 is 17.7 Å². The third kappa shape index (κ3) is 5.64. The van der Waals surface area contributed by atoms with Crippen LogP contribution >= 0.6 is 11.8 Å². The van der Waals surface area contributed by atoms with E-state index in [1.165, 1.54) is 5.56 Å². The number of amides is 1. The molecule has 0 bridgehead atoms. The summed E-state index contributed by atoms with van der Waals surface area (Å²) in [6, 6.07) is 16.1. The maximum absolute atomic E-state index is 12.1. The highest BCUT2D eigenvalue weighted by molar-refractivity contribution is 8.00. The Morgan fingerprint density at radius 2 is 1.91 bits per heavy atom. The van der Waals surface area contributed by atoms with E-state index < -0.39 is 0 Å². The van der Waals surface area contributed by atoms with E-state index in [9.17, 15) is 4.79 Å². The number of hydrogen-bond donors (Lipinski definition) is 1. The first-order valence-electron chi connectivity index (χ1n) is 7.76. The number of carbonyl (C=O) groups excluding carboxylic acids is 1. The third-order valence-electron chi connectivity index (χ3n) is 3.43. The standard InChI is InChI=1S/C19H23NO2S/c1-14-9-10-15(2)18(13-14)22-12-11-20-19(21)16(3)23-17-7-5-4-6-8-17/h4-10,13,16H,11-12H2,1-3H3,(H,20,21)/t16-/m1/s1. The van der Waals surface area contributed by atoms with E-state index >= 15 is 0 Å². The van der Waals surface area contributed by atoms with Gasteiger partial charge in [0, 0.05) is 4.90 Å². The first-order chi connectivity index (χ1) is 11.1. The van der Waals surface area contributed by atoms with Gasteiger partial charge >= 0.3 is 0 Å². The Morgan fingerprint density at radius 3 is 2.65 bits per heavy atom. The molecule has 0 spiro atoms. The Bertz CT molecular complexity index is 643. The van der Waals surface area contributed by atoms with Crippen LogP contribution in [0.3, 0.4) is 0 Å². The molecular formula is C19H23NO2S. The van der Waals surface area contributed by atoms with Crippen molar-refractivity contribution < 1.29 is 9.53 Å². The number of ether oxygens (including phenoxy) is 1. The van der Waals surface area contributed by atoms with Gasteiger partial charge in [0.1, 0.15) is 12.4 Å². The second-order valence-corrected chi connectivity index (χ2v) is 6.90. The van der Waals surface area contributed by atoms with Crippen LogP contribution in [0.2, 0.25) is 0 Å². The lowest BCUT2D eigenvalue weighted by atomic mass is 10.1. The highest BCUT2D eigenvalue weighted by atomic mass is 32.2. The molecule has 0 aliphatic rings. The van der Waals surface area contributed by atoms with Crippen LogP contribution in [0.1, 0.15) is 18.1 Å². The Morgan fingerprint density at radius 1 is 1.17 bits per heavy atom. The molecule has 1 amide bonds. The van der Waals surface area contributed by atoms with Gasteiger partial charge in [-0.15, -0.1) is 11.8 Å². The van der Waals surface area contributed by atoms with Crippen molar-refractivity contribution in [3.63, 3.8) is 0 Å². The van der Waals surface area contributed by atoms with Gasteiger partial charge in [-0.05, 0) is 50.1 Å². The maximum atomic E-state index is 12.1. The molecule has 122 valence electrons. The number of nitrogens with one attached hydrogen (secondary N) is 1. The van der Waals surface area contributed by atoms with Crippen LogP contribution in [0.15, 0.2) is 53.4 Å². The van der Waals surface area contributed by atoms with E-state index in [2.05, 4.69) is 11.4 Å². The quantitative estimate of drug-likeness (QED) is 0.617. The van der Waals surface area contributed by atoms with Crippen molar-refractivity contribution in [2.75, 3.05) is 13.2 Å². The molecule has 0 radical (unpaired) electrons. The molecule has 2 rings (SSSR count). The number of aryl methyl sites for hydroxylation is 2. The van der Waals surface area contributed by atoms with Crippen LogP contribution in [0, 0.1) is 13.8 Å². The zero-order chi connectivity index (χ0) is 16.7. The SMILES string of the molecule is Cc1ccc(C)c(OCCNC(=O)[C@@H](C)Sc2ccccc2)c1. The molecule has 0 aliphatic carbocycles. The van der Waals surface area contributed by atoms with Crippen LogP contribution in [-0.2, 0) is 4.79 Å². The molecule has 1 atom stereocenters. The van der Waals surface area contributed by atoms with E-state index in [1.807, 2.05) is 63.2 Å². The molecule has 23 heavy (non-hydrogen) atoms. The van der Waals surface area contributed by atoms with Gasteiger partial charge < -0.3 is 10.1 Å². The Labute approximate surface area is 142 Å². The lowest BCUT2D eigenvalue weighted by Gasteiger charge is -2.13. The molecule has 0 aliphatic heterocycles. The molecular weight excluding hydrogens is 306 g/mol. The summed E-state index contributed by atoms with van der Waals surface area (Å²) in [5.74, 6) is 0.911. The number of benzene rings is 2. The maximum Gasteiger partial charge on any atom is 0.233 e. The average molecular weight is 329 g/mol. The largest absolute Gasteiger partial charge is 0.491 e. The van der Waals surface area contributed by atoms with Gasteiger partial charge in [-0.1, -0.05) is 30.3 Å². The summed E-state index contributed by atoms with van der Waals surface area (Å²) >= 11 is 1.56. The molecule has 2 aromatic carbocycles. The number of hydrogen-bond acceptors (Lipinski definition) is 3. The minimum atomic E-state index is -0.127. The van der Waals surface area contributed by atoms with E-state index in [1.54, 1.807) is 11.8 Å². The van der Waals surface area contributed by atoms with Gasteiger partial charge in [0.05, 0.1) is 11.8 Å². The first-order valence-corrected chi connectivity index (χ1v) is 8.63. The van der Waals surface area contributed by atoms with E-state index in [4.69, 9.17) is 4.74 Å². The molecule has 0 unspecified atom stereocenters. The Balaban J connectivity index is 1.73. The minimum absolute atomic E-state index is 0.0309. The summed E-state index contributed by atoms with van der Waals surface area (Å²) in [5.41, 5.74) is 2.28. The Hall–Kier alpha value is -1.94. The number of rotatable bonds is 7. The average Bonchev–Trinajstić information content (AvgIpc) is 2.55. The predicted molar refractivity (Wildman–Crippen MR) is 96.2 cm³/mol. The van der Waals surface area contributed by atoms with Crippen LogP contribution in [0.25, 0.3) is 0 Å². The molecule has 4 heteroatoms. The lowest BCUT2D eigenvalue weighted by Crippen LogP contribution is -2.34. The van der Waals surface area contributed by atoms with Gasteiger partial charge in [-0.25, -0.2) is 0 Å². The molecule has 0 heterocycles. The fraction of sp³-hybridized carbons (Fsp3) is 0.316. The molecule has 2 aromatic rings. The fourth-order valence-electron chi connectivity index (χ4n) is 2.10. The monoisotopic (exact) mass is 329 g/mol. The zero-order valence-corrected chi connectivity index (χ0v) is 14.7. The summed E-state index contributed by atoms with van der Waals surface area (Å²) < 4.78 is 5.74. The highest BCUT2D eigenvalue weighted by Crippen LogP contribution is 2.22. The summed E-state index contributed by atoms with van der Waals surface area (Å²) in [5, 5.41) is 2.80. The van der Waals surface area contributed by atoms with Crippen LogP contribution in [0.4, 0.5) is 0 Å². The van der Waals surface area contributed by atoms with E-state index in [0.29, 0.717) is 13.2 Å². The predicted octanol–water partition coefficient (Wildman–Crippen LogP) is 3.98. The zero-order valence-electron chi connectivity index (χ0n) is 13.8. The van der Waals surface area contributed by atoms with E-state index in [0.717, 1.165) is 16.2 Å². The van der Waals surface area contributed by atoms with E-state index in [-0.39, 0.29) is 11.2 Å². The molecule has 0 saturated heterocycles. The van der Waals surface area contributed by atoms with Gasteiger partial charge in [0.15, 0.2) is 0 Å². The fourth-order valence-corrected chi connectivity index (χ4v) is 3.01. The molecule has 0 fully saturated rings. The van der Waals surface area contributed by atoms with Crippen molar-refractivity contribution in [1.82, 2.24) is 5.32 Å². The van der Waals surface area contributed by atoms with Crippen molar-refractivity contribution in [3.05, 3.63) is 59.7 Å². The molecule has 0 saturated carbocycles. The summed E-state index contributed by atoms with van der Waals surface area (Å²) in [7, 11) is 0. The summed E-state index contributed by atoms with van der Waals surface area (Å²) in [6.45, 7) is 6.95. The third-order valence-corrected chi connectivity index (χ3v) is 4.54. The minimum Gasteiger partial charge on any atom is -0.491 e. The molecule has 1 N–H and O–H groups in total. The molecule has 3 nitrogen and oxygen atoms in total. The number of thioether (sulfide) groups is 1. The van der Waals surface area contributed by atoms with Crippen LogP contribution in [0.5, 0.6) is 5.75 Å². The second kappa shape index (κ2) is 8.63. The first kappa shape index (κ1) is 17.4. The van der Waals surface area contributed by atoms with Gasteiger partial charge in [0.25, 0.3) is 0 Å². The normalized spacial score (nSPS) is 11.8. The van der Waals surface area contributed by atoms with Gasteiger partial charge in [-0.3, -0.25) is 4.79 Å². The topological polar surface area (TPSA) is 38.3 Å². The van der Waals surface area contributed by atoms with Crippen molar-refractivity contribution in [1.29, 1.82) is 0 Å². The number of carbonyl (C=O) groups is 1. The lowest BCUT2D eigenvalue weighted by molar-refractivity contribution is -0.120. The van der Waals surface area contributed by atoms with Crippen molar-refractivity contribution in [3.8, 4) is 5.75 Å². The molecule has 0 aromatic heterocycles. The summed E-state index contributed by atoms with van der Waals surface area (Å²) in [4.78, 5) is 13.2. The van der Waals surface area contributed by atoms with Gasteiger partial charge in [-0.2, -0.15) is 0 Å².